The molecule has 1 aliphatic heterocycles. The van der Waals surface area contributed by atoms with Crippen molar-refractivity contribution in [2.24, 2.45) is 0 Å². The van der Waals surface area contributed by atoms with Crippen LogP contribution in [0.5, 0.6) is 0 Å². The lowest BCUT2D eigenvalue weighted by molar-refractivity contribution is -0.110. The first kappa shape index (κ1) is 16.0. The van der Waals surface area contributed by atoms with E-state index in [1.807, 2.05) is 6.92 Å². The predicted octanol–water partition coefficient (Wildman–Crippen LogP) is 2.47. The van der Waals surface area contributed by atoms with Crippen molar-refractivity contribution in [1.29, 1.82) is 0 Å². The summed E-state index contributed by atoms with van der Waals surface area (Å²) >= 11 is 0. The summed E-state index contributed by atoms with van der Waals surface area (Å²) in [6, 6.07) is 2.79. The molecule has 1 unspecified atom stereocenters. The highest BCUT2D eigenvalue weighted by Crippen LogP contribution is 2.36. The van der Waals surface area contributed by atoms with E-state index in [1.165, 1.54) is 18.5 Å². The van der Waals surface area contributed by atoms with Gasteiger partial charge in [0.1, 0.15) is 5.82 Å². The summed E-state index contributed by atoms with van der Waals surface area (Å²) in [6.45, 7) is 3.42. The second kappa shape index (κ2) is 6.30. The Labute approximate surface area is 138 Å². The minimum atomic E-state index is -0.597. The van der Waals surface area contributed by atoms with E-state index in [9.17, 15) is 14.3 Å². The third kappa shape index (κ3) is 2.94. The SMILES string of the molecule is Cc1nc[nH]c1/C=C1\C(=O)Nc2ccc(F)c(C#CCC(C)O)c21. The first-order valence-electron chi connectivity index (χ1n) is 7.50. The van der Waals surface area contributed by atoms with E-state index in [0.29, 0.717) is 22.5 Å². The molecule has 6 heteroatoms. The number of hydrogen-bond acceptors (Lipinski definition) is 3. The zero-order valence-corrected chi connectivity index (χ0v) is 13.3. The molecule has 0 fully saturated rings. The molecule has 2 aromatic rings. The number of nitrogens with one attached hydrogen (secondary N) is 2. The van der Waals surface area contributed by atoms with Gasteiger partial charge in [0.25, 0.3) is 5.91 Å². The fraction of sp³-hybridized carbons (Fsp3) is 0.222. The number of aliphatic hydroxyl groups excluding tert-OH is 1. The molecule has 0 spiro atoms. The fourth-order valence-electron chi connectivity index (χ4n) is 2.47. The standard InChI is InChI=1S/C18H16FN3O2/c1-10(23)4-3-5-12-14(19)6-7-15-17(12)13(18(24)22-15)8-16-11(2)20-9-21-16/h6-10,23H,4H2,1-2H3,(H,20,21)(H,22,24)/b13-8-. The van der Waals surface area contributed by atoms with Crippen LogP contribution in [-0.2, 0) is 4.79 Å². The molecule has 3 N–H and O–H groups in total. The molecule has 0 radical (unpaired) electrons. The van der Waals surface area contributed by atoms with Gasteiger partial charge in [-0.1, -0.05) is 11.8 Å². The van der Waals surface area contributed by atoms with Gasteiger partial charge in [0.2, 0.25) is 0 Å². The number of rotatable bonds is 2. The minimum absolute atomic E-state index is 0.148. The van der Waals surface area contributed by atoms with Crippen LogP contribution in [0.25, 0.3) is 11.6 Å². The fourth-order valence-corrected chi connectivity index (χ4v) is 2.47. The number of aliphatic hydroxyl groups is 1. The number of aromatic amines is 1. The van der Waals surface area contributed by atoms with Crippen molar-refractivity contribution < 1.29 is 14.3 Å². The highest BCUT2D eigenvalue weighted by atomic mass is 19.1. The zero-order chi connectivity index (χ0) is 17.3. The topological polar surface area (TPSA) is 78.0 Å². The molecular weight excluding hydrogens is 309 g/mol. The van der Waals surface area contributed by atoms with Crippen molar-refractivity contribution in [3.8, 4) is 11.8 Å². The van der Waals surface area contributed by atoms with Gasteiger partial charge < -0.3 is 15.4 Å². The molecule has 122 valence electrons. The summed E-state index contributed by atoms with van der Waals surface area (Å²) < 4.78 is 14.3. The molecule has 1 aromatic carbocycles. The summed E-state index contributed by atoms with van der Waals surface area (Å²) in [5, 5.41) is 12.0. The van der Waals surface area contributed by atoms with Crippen molar-refractivity contribution in [1.82, 2.24) is 9.97 Å². The summed E-state index contributed by atoms with van der Waals surface area (Å²) in [5.41, 5.74) is 2.86. The van der Waals surface area contributed by atoms with Gasteiger partial charge in [-0.25, -0.2) is 9.37 Å². The van der Waals surface area contributed by atoms with E-state index in [2.05, 4.69) is 27.1 Å². The molecular formula is C18H16FN3O2. The quantitative estimate of drug-likeness (QED) is 0.586. The maximum absolute atomic E-state index is 14.3. The number of anilines is 1. The van der Waals surface area contributed by atoms with Gasteiger partial charge in [-0.05, 0) is 32.1 Å². The number of nitrogens with zero attached hydrogens (tertiary/aromatic N) is 1. The van der Waals surface area contributed by atoms with Crippen LogP contribution < -0.4 is 5.32 Å². The number of H-pyrrole nitrogens is 1. The van der Waals surface area contributed by atoms with E-state index >= 15 is 0 Å². The number of carbonyl (C=O) groups is 1. The molecule has 0 bridgehead atoms. The van der Waals surface area contributed by atoms with E-state index in [4.69, 9.17) is 0 Å². The first-order valence-corrected chi connectivity index (χ1v) is 7.50. The molecule has 3 rings (SSSR count). The summed E-state index contributed by atoms with van der Waals surface area (Å²) in [4.78, 5) is 19.3. The highest BCUT2D eigenvalue weighted by Gasteiger charge is 2.28. The number of benzene rings is 1. The van der Waals surface area contributed by atoms with E-state index in [0.717, 1.165) is 5.69 Å². The number of imidazole rings is 1. The van der Waals surface area contributed by atoms with Crippen LogP contribution in [0, 0.1) is 24.6 Å². The summed E-state index contributed by atoms with van der Waals surface area (Å²) in [6.07, 6.45) is 2.80. The molecule has 1 aliphatic rings. The number of aromatic nitrogens is 2. The average Bonchev–Trinajstić information content (AvgIpc) is 3.06. The second-order valence-electron chi connectivity index (χ2n) is 5.61. The lowest BCUT2D eigenvalue weighted by Gasteiger charge is -2.04. The Morgan fingerprint density at radius 2 is 2.25 bits per heavy atom. The third-order valence-corrected chi connectivity index (χ3v) is 3.68. The molecule has 0 saturated carbocycles. The van der Waals surface area contributed by atoms with Gasteiger partial charge in [0.15, 0.2) is 0 Å². The zero-order valence-electron chi connectivity index (χ0n) is 13.3. The predicted molar refractivity (Wildman–Crippen MR) is 89.4 cm³/mol. The van der Waals surface area contributed by atoms with Crippen molar-refractivity contribution in [3.63, 3.8) is 0 Å². The molecule has 0 aliphatic carbocycles. The summed E-state index contributed by atoms with van der Waals surface area (Å²) in [7, 11) is 0. The molecule has 5 nitrogen and oxygen atoms in total. The maximum atomic E-state index is 14.3. The Bertz CT molecular complexity index is 901. The number of amides is 1. The molecule has 2 heterocycles. The Hall–Kier alpha value is -2.91. The van der Waals surface area contributed by atoms with E-state index < -0.39 is 11.9 Å². The van der Waals surface area contributed by atoms with Gasteiger partial charge in [-0.15, -0.1) is 0 Å². The lowest BCUT2D eigenvalue weighted by atomic mass is 9.99. The largest absolute Gasteiger partial charge is 0.392 e. The Kier molecular flexibility index (Phi) is 4.19. The number of carbonyl (C=O) groups excluding carboxylic acids is 1. The van der Waals surface area contributed by atoms with Crippen molar-refractivity contribution in [2.75, 3.05) is 5.32 Å². The van der Waals surface area contributed by atoms with Gasteiger partial charge in [-0.3, -0.25) is 4.79 Å². The van der Waals surface area contributed by atoms with Crippen LogP contribution >= 0.6 is 0 Å². The van der Waals surface area contributed by atoms with Gasteiger partial charge >= 0.3 is 0 Å². The van der Waals surface area contributed by atoms with Crippen molar-refractivity contribution >= 4 is 23.2 Å². The normalized spacial score (nSPS) is 15.7. The van der Waals surface area contributed by atoms with Crippen molar-refractivity contribution in [2.45, 2.75) is 26.4 Å². The minimum Gasteiger partial charge on any atom is -0.392 e. The monoisotopic (exact) mass is 325 g/mol. The third-order valence-electron chi connectivity index (χ3n) is 3.68. The van der Waals surface area contributed by atoms with E-state index in [1.54, 1.807) is 13.0 Å². The van der Waals surface area contributed by atoms with Crippen LogP contribution in [0.1, 0.15) is 35.9 Å². The molecule has 24 heavy (non-hydrogen) atoms. The van der Waals surface area contributed by atoms with Gasteiger partial charge in [-0.2, -0.15) is 0 Å². The number of halogens is 1. The lowest BCUT2D eigenvalue weighted by Crippen LogP contribution is -2.03. The highest BCUT2D eigenvalue weighted by molar-refractivity contribution is 6.35. The number of hydrogen-bond donors (Lipinski definition) is 3. The average molecular weight is 325 g/mol. The molecule has 1 aromatic heterocycles. The first-order chi connectivity index (χ1) is 11.5. The second-order valence-corrected chi connectivity index (χ2v) is 5.61. The Balaban J connectivity index is 2.13. The Morgan fingerprint density at radius 3 is 2.92 bits per heavy atom. The Morgan fingerprint density at radius 1 is 1.46 bits per heavy atom. The van der Waals surface area contributed by atoms with Gasteiger partial charge in [0.05, 0.1) is 40.6 Å². The van der Waals surface area contributed by atoms with Crippen LogP contribution in [0.15, 0.2) is 18.5 Å². The smallest absolute Gasteiger partial charge is 0.256 e. The molecule has 1 amide bonds. The molecule has 1 atom stereocenters. The maximum Gasteiger partial charge on any atom is 0.256 e. The van der Waals surface area contributed by atoms with E-state index in [-0.39, 0.29) is 17.9 Å². The van der Waals surface area contributed by atoms with Gasteiger partial charge in [0, 0.05) is 12.0 Å². The summed E-state index contributed by atoms with van der Waals surface area (Å²) in [5.74, 6) is 4.68. The van der Waals surface area contributed by atoms with Crippen LogP contribution in [-0.4, -0.2) is 27.1 Å². The van der Waals surface area contributed by atoms with Crippen molar-refractivity contribution in [3.05, 3.63) is 46.8 Å². The molecule has 0 saturated heterocycles. The number of aryl methyl sites for hydroxylation is 1. The van der Waals surface area contributed by atoms with Crippen LogP contribution in [0.3, 0.4) is 0 Å². The van der Waals surface area contributed by atoms with Crippen LogP contribution in [0.4, 0.5) is 10.1 Å². The van der Waals surface area contributed by atoms with Crippen LogP contribution in [0.2, 0.25) is 0 Å². The number of fused-ring (bicyclic) bond motifs is 1.